The van der Waals surface area contributed by atoms with Crippen LogP contribution in [-0.4, -0.2) is 24.6 Å². The van der Waals surface area contributed by atoms with Crippen molar-refractivity contribution in [3.63, 3.8) is 0 Å². The van der Waals surface area contributed by atoms with Gasteiger partial charge in [0.05, 0.1) is 6.54 Å². The molecule has 0 aliphatic heterocycles. The molecule has 0 amide bonds. The molecule has 1 unspecified atom stereocenters. The Morgan fingerprint density at radius 3 is 2.88 bits per heavy atom. The van der Waals surface area contributed by atoms with Crippen LogP contribution in [0.2, 0.25) is 0 Å². The van der Waals surface area contributed by atoms with Gasteiger partial charge in [-0.05, 0) is 38.1 Å². The van der Waals surface area contributed by atoms with E-state index in [0.29, 0.717) is 12.6 Å². The van der Waals surface area contributed by atoms with Crippen LogP contribution in [0.4, 0.5) is 5.82 Å². The molecule has 17 heavy (non-hydrogen) atoms. The number of pyridine rings is 1. The van der Waals surface area contributed by atoms with Crippen LogP contribution in [0.5, 0.6) is 0 Å². The lowest BCUT2D eigenvalue weighted by Crippen LogP contribution is -2.24. The number of anilines is 1. The van der Waals surface area contributed by atoms with Crippen molar-refractivity contribution in [2.45, 2.75) is 26.8 Å². The number of hydrogen-bond acceptors (Lipinski definition) is 3. The predicted octanol–water partition coefficient (Wildman–Crippen LogP) is 2.21. The fourth-order valence-electron chi connectivity index (χ4n) is 1.77. The summed E-state index contributed by atoms with van der Waals surface area (Å²) in [5.41, 5.74) is 1.24. The fraction of sp³-hybridized carbons (Fsp3) is 0.500. The first kappa shape index (κ1) is 13.5. The van der Waals surface area contributed by atoms with Gasteiger partial charge in [-0.25, -0.2) is 4.98 Å². The van der Waals surface area contributed by atoms with Crippen molar-refractivity contribution < 1.29 is 0 Å². The molecule has 0 saturated heterocycles. The van der Waals surface area contributed by atoms with Crippen LogP contribution in [-0.2, 0) is 0 Å². The third-order valence-electron chi connectivity index (χ3n) is 2.77. The zero-order valence-corrected chi connectivity index (χ0v) is 10.9. The summed E-state index contributed by atoms with van der Waals surface area (Å²) in [5, 5.41) is 3.39. The van der Waals surface area contributed by atoms with E-state index in [1.807, 2.05) is 12.3 Å². The van der Waals surface area contributed by atoms with Gasteiger partial charge in [0.1, 0.15) is 5.82 Å². The van der Waals surface area contributed by atoms with Crippen LogP contribution < -0.4 is 10.2 Å². The molecule has 0 radical (unpaired) electrons. The van der Waals surface area contributed by atoms with E-state index >= 15 is 0 Å². The standard InChI is InChI=1S/C14H21N3/c1-5-10-17(7-3)14-11-13(8-9-16-14)12(4)15-6-2/h1,8-9,11-12,15H,6-7,10H2,2-4H3. The highest BCUT2D eigenvalue weighted by molar-refractivity contribution is 5.42. The zero-order chi connectivity index (χ0) is 12.7. The number of hydrogen-bond donors (Lipinski definition) is 1. The highest BCUT2D eigenvalue weighted by Crippen LogP contribution is 2.17. The van der Waals surface area contributed by atoms with Crippen LogP contribution in [0.15, 0.2) is 18.3 Å². The number of aromatic nitrogens is 1. The van der Waals surface area contributed by atoms with Gasteiger partial charge in [0, 0.05) is 18.8 Å². The number of rotatable bonds is 6. The molecule has 0 spiro atoms. The summed E-state index contributed by atoms with van der Waals surface area (Å²) in [6.45, 7) is 8.77. The third kappa shape index (κ3) is 3.76. The van der Waals surface area contributed by atoms with E-state index in [2.05, 4.69) is 48.0 Å². The van der Waals surface area contributed by atoms with Crippen LogP contribution in [0.25, 0.3) is 0 Å². The maximum Gasteiger partial charge on any atom is 0.129 e. The minimum absolute atomic E-state index is 0.339. The predicted molar refractivity (Wildman–Crippen MR) is 73.0 cm³/mol. The van der Waals surface area contributed by atoms with Gasteiger partial charge in [-0.1, -0.05) is 12.8 Å². The summed E-state index contributed by atoms with van der Waals surface area (Å²) in [4.78, 5) is 6.46. The summed E-state index contributed by atoms with van der Waals surface area (Å²) in [5.74, 6) is 3.61. The zero-order valence-electron chi connectivity index (χ0n) is 10.9. The molecule has 0 bridgehead atoms. The monoisotopic (exact) mass is 231 g/mol. The van der Waals surface area contributed by atoms with E-state index in [0.717, 1.165) is 18.9 Å². The van der Waals surface area contributed by atoms with Crippen LogP contribution in [0, 0.1) is 12.3 Å². The van der Waals surface area contributed by atoms with Gasteiger partial charge in [-0.3, -0.25) is 0 Å². The van der Waals surface area contributed by atoms with Gasteiger partial charge in [0.2, 0.25) is 0 Å². The molecule has 1 aromatic rings. The molecule has 1 atom stereocenters. The lowest BCUT2D eigenvalue weighted by atomic mass is 10.1. The Morgan fingerprint density at radius 1 is 1.53 bits per heavy atom. The third-order valence-corrected chi connectivity index (χ3v) is 2.77. The minimum atomic E-state index is 0.339. The van der Waals surface area contributed by atoms with Gasteiger partial charge < -0.3 is 10.2 Å². The average molecular weight is 231 g/mol. The maximum absolute atomic E-state index is 5.36. The lowest BCUT2D eigenvalue weighted by Gasteiger charge is -2.21. The highest BCUT2D eigenvalue weighted by Gasteiger charge is 2.08. The number of nitrogens with zero attached hydrogens (tertiary/aromatic N) is 2. The van der Waals surface area contributed by atoms with Crippen molar-refractivity contribution in [2.75, 3.05) is 24.5 Å². The van der Waals surface area contributed by atoms with E-state index in [1.165, 1.54) is 5.56 Å². The van der Waals surface area contributed by atoms with Crippen molar-refractivity contribution in [3.8, 4) is 12.3 Å². The molecular weight excluding hydrogens is 210 g/mol. The maximum atomic E-state index is 5.36. The molecular formula is C14H21N3. The second-order valence-corrected chi connectivity index (χ2v) is 3.95. The van der Waals surface area contributed by atoms with Gasteiger partial charge in [0.15, 0.2) is 0 Å². The van der Waals surface area contributed by atoms with Crippen molar-refractivity contribution in [3.05, 3.63) is 23.9 Å². The Balaban J connectivity index is 2.88. The van der Waals surface area contributed by atoms with Gasteiger partial charge in [-0.2, -0.15) is 0 Å². The molecule has 0 saturated carbocycles. The summed E-state index contributed by atoms with van der Waals surface area (Å²) in [6.07, 6.45) is 7.20. The van der Waals surface area contributed by atoms with Crippen molar-refractivity contribution in [2.24, 2.45) is 0 Å². The van der Waals surface area contributed by atoms with E-state index < -0.39 is 0 Å². The normalized spacial score (nSPS) is 11.9. The van der Waals surface area contributed by atoms with Crippen molar-refractivity contribution in [1.29, 1.82) is 0 Å². The van der Waals surface area contributed by atoms with E-state index in [1.54, 1.807) is 0 Å². The Kier molecular flexibility index (Phi) is 5.51. The van der Waals surface area contributed by atoms with E-state index in [-0.39, 0.29) is 0 Å². The van der Waals surface area contributed by atoms with Crippen LogP contribution in [0.3, 0.4) is 0 Å². The van der Waals surface area contributed by atoms with Gasteiger partial charge >= 0.3 is 0 Å². The number of nitrogens with one attached hydrogen (secondary N) is 1. The Morgan fingerprint density at radius 2 is 2.29 bits per heavy atom. The van der Waals surface area contributed by atoms with E-state index in [4.69, 9.17) is 6.42 Å². The molecule has 3 nitrogen and oxygen atoms in total. The molecule has 1 rings (SSSR count). The summed E-state index contributed by atoms with van der Waals surface area (Å²) in [6, 6.07) is 4.49. The molecule has 0 aliphatic carbocycles. The second kappa shape index (κ2) is 6.93. The molecule has 0 fully saturated rings. The van der Waals surface area contributed by atoms with Crippen molar-refractivity contribution >= 4 is 5.82 Å². The quantitative estimate of drug-likeness (QED) is 0.761. The number of terminal acetylenes is 1. The largest absolute Gasteiger partial charge is 0.346 e. The summed E-state index contributed by atoms with van der Waals surface area (Å²) < 4.78 is 0. The first-order chi connectivity index (χ1) is 8.22. The molecule has 92 valence electrons. The van der Waals surface area contributed by atoms with Crippen LogP contribution >= 0.6 is 0 Å². The summed E-state index contributed by atoms with van der Waals surface area (Å²) >= 11 is 0. The minimum Gasteiger partial charge on any atom is -0.346 e. The molecule has 3 heteroatoms. The summed E-state index contributed by atoms with van der Waals surface area (Å²) in [7, 11) is 0. The smallest absolute Gasteiger partial charge is 0.129 e. The first-order valence-corrected chi connectivity index (χ1v) is 6.10. The van der Waals surface area contributed by atoms with Gasteiger partial charge in [-0.15, -0.1) is 6.42 Å². The Bertz CT molecular complexity index is 381. The lowest BCUT2D eigenvalue weighted by molar-refractivity contribution is 0.597. The Labute approximate surface area is 104 Å². The molecule has 1 heterocycles. The van der Waals surface area contributed by atoms with Gasteiger partial charge in [0.25, 0.3) is 0 Å². The fourth-order valence-corrected chi connectivity index (χ4v) is 1.77. The van der Waals surface area contributed by atoms with E-state index in [9.17, 15) is 0 Å². The molecule has 1 aromatic heterocycles. The van der Waals surface area contributed by atoms with Crippen LogP contribution in [0.1, 0.15) is 32.4 Å². The van der Waals surface area contributed by atoms with Crippen molar-refractivity contribution in [1.82, 2.24) is 10.3 Å². The molecule has 0 aliphatic rings. The topological polar surface area (TPSA) is 28.2 Å². The SMILES string of the molecule is C#CCN(CC)c1cc(C(C)NCC)ccn1. The molecule has 0 aromatic carbocycles. The highest BCUT2D eigenvalue weighted by atomic mass is 15.2. The Hall–Kier alpha value is -1.53. The second-order valence-electron chi connectivity index (χ2n) is 3.95. The molecule has 1 N–H and O–H groups in total. The first-order valence-electron chi connectivity index (χ1n) is 6.10. The average Bonchev–Trinajstić information content (AvgIpc) is 2.36.